The summed E-state index contributed by atoms with van der Waals surface area (Å²) in [7, 11) is 0. The third-order valence-electron chi connectivity index (χ3n) is 2.22. The Bertz CT molecular complexity index is 443. The van der Waals surface area contributed by atoms with Crippen molar-refractivity contribution in [1.29, 1.82) is 0 Å². The summed E-state index contributed by atoms with van der Waals surface area (Å²) in [5.41, 5.74) is -1.71. The molecule has 0 aromatic carbocycles. The number of aromatic nitrogens is 2. The Morgan fingerprint density at radius 3 is 2.33 bits per heavy atom. The minimum Gasteiger partial charge on any atom is -0.351 e. The number of halogens is 3. The summed E-state index contributed by atoms with van der Waals surface area (Å²) in [5, 5.41) is 7.81. The van der Waals surface area contributed by atoms with E-state index in [0.717, 1.165) is 0 Å². The highest BCUT2D eigenvalue weighted by Crippen LogP contribution is 2.31. The number of alkyl halides is 3. The second-order valence-corrected chi connectivity index (χ2v) is 5.31. The molecule has 4 nitrogen and oxygen atoms in total. The molecule has 0 aliphatic heterocycles. The summed E-state index contributed by atoms with van der Waals surface area (Å²) < 4.78 is 37.9. The Labute approximate surface area is 103 Å². The Kier molecular flexibility index (Phi) is 3.73. The summed E-state index contributed by atoms with van der Waals surface area (Å²) in [4.78, 5) is 11.8. The molecule has 1 heterocycles. The largest absolute Gasteiger partial charge is 0.435 e. The van der Waals surface area contributed by atoms with Crippen molar-refractivity contribution in [3.05, 3.63) is 17.0 Å². The van der Waals surface area contributed by atoms with Crippen molar-refractivity contribution in [2.75, 3.05) is 6.54 Å². The smallest absolute Gasteiger partial charge is 0.351 e. The van der Waals surface area contributed by atoms with Crippen LogP contribution in [0, 0.1) is 12.3 Å². The van der Waals surface area contributed by atoms with E-state index in [9.17, 15) is 18.0 Å². The number of hydrogen-bond acceptors (Lipinski definition) is 2. The first kappa shape index (κ1) is 14.5. The topological polar surface area (TPSA) is 57.8 Å². The van der Waals surface area contributed by atoms with Crippen LogP contribution in [-0.4, -0.2) is 22.6 Å². The highest BCUT2D eigenvalue weighted by molar-refractivity contribution is 5.96. The monoisotopic (exact) mass is 263 g/mol. The van der Waals surface area contributed by atoms with Crippen molar-refractivity contribution in [3.63, 3.8) is 0 Å². The Hall–Kier alpha value is -1.53. The van der Waals surface area contributed by atoms with Gasteiger partial charge in [0.2, 0.25) is 0 Å². The van der Waals surface area contributed by atoms with Crippen molar-refractivity contribution in [2.24, 2.45) is 5.41 Å². The van der Waals surface area contributed by atoms with Crippen molar-refractivity contribution in [3.8, 4) is 0 Å². The number of aryl methyl sites for hydroxylation is 1. The van der Waals surface area contributed by atoms with Crippen LogP contribution in [0.5, 0.6) is 0 Å². The van der Waals surface area contributed by atoms with E-state index in [4.69, 9.17) is 0 Å². The van der Waals surface area contributed by atoms with Gasteiger partial charge in [0.25, 0.3) is 5.91 Å². The van der Waals surface area contributed by atoms with E-state index in [1.807, 2.05) is 20.8 Å². The van der Waals surface area contributed by atoms with Crippen LogP contribution in [0.2, 0.25) is 0 Å². The van der Waals surface area contributed by atoms with Crippen LogP contribution >= 0.6 is 0 Å². The van der Waals surface area contributed by atoms with Crippen LogP contribution in [0.3, 0.4) is 0 Å². The maximum atomic E-state index is 12.6. The third kappa shape index (κ3) is 3.48. The van der Waals surface area contributed by atoms with Gasteiger partial charge in [0.15, 0.2) is 5.69 Å². The molecular formula is C11H16F3N3O. The quantitative estimate of drug-likeness (QED) is 0.861. The minimum atomic E-state index is -4.64. The zero-order chi connectivity index (χ0) is 14.1. The molecule has 102 valence electrons. The predicted octanol–water partition coefficient (Wildman–Crippen LogP) is 2.51. The van der Waals surface area contributed by atoms with Gasteiger partial charge in [0.1, 0.15) is 0 Å². The molecule has 7 heteroatoms. The van der Waals surface area contributed by atoms with Crippen LogP contribution in [0.4, 0.5) is 13.2 Å². The Balaban J connectivity index is 2.96. The number of nitrogens with one attached hydrogen (secondary N) is 2. The average Bonchev–Trinajstić information content (AvgIpc) is 2.55. The summed E-state index contributed by atoms with van der Waals surface area (Å²) >= 11 is 0. The molecule has 1 amide bonds. The molecule has 0 spiro atoms. The summed E-state index contributed by atoms with van der Waals surface area (Å²) in [6.07, 6.45) is -4.64. The zero-order valence-corrected chi connectivity index (χ0v) is 10.7. The summed E-state index contributed by atoms with van der Waals surface area (Å²) in [5.74, 6) is -0.761. The molecule has 1 rings (SSSR count). The van der Waals surface area contributed by atoms with Gasteiger partial charge in [0, 0.05) is 12.2 Å². The van der Waals surface area contributed by atoms with E-state index >= 15 is 0 Å². The molecule has 0 bridgehead atoms. The van der Waals surface area contributed by atoms with Gasteiger partial charge in [-0.25, -0.2) is 0 Å². The molecule has 0 aliphatic rings. The second kappa shape index (κ2) is 4.62. The molecule has 0 fully saturated rings. The number of hydrogen-bond donors (Lipinski definition) is 2. The van der Waals surface area contributed by atoms with Crippen LogP contribution in [0.15, 0.2) is 0 Å². The standard InChI is InChI=1S/C11H16F3N3O/c1-6-7(8(17-16-6)11(12,13)14)9(18)15-5-10(2,3)4/h5H2,1-4H3,(H,15,18)(H,16,17). The van der Waals surface area contributed by atoms with Crippen molar-refractivity contribution < 1.29 is 18.0 Å². The van der Waals surface area contributed by atoms with E-state index in [1.165, 1.54) is 6.92 Å². The van der Waals surface area contributed by atoms with Crippen LogP contribution in [0.1, 0.15) is 42.5 Å². The summed E-state index contributed by atoms with van der Waals surface area (Å²) in [6, 6.07) is 0. The van der Waals surface area contributed by atoms with Gasteiger partial charge in [-0.1, -0.05) is 20.8 Å². The number of rotatable bonds is 2. The summed E-state index contributed by atoms with van der Waals surface area (Å²) in [6.45, 7) is 7.29. The van der Waals surface area contributed by atoms with Gasteiger partial charge in [0.05, 0.1) is 5.56 Å². The van der Waals surface area contributed by atoms with Crippen molar-refractivity contribution >= 4 is 5.91 Å². The van der Waals surface area contributed by atoms with Gasteiger partial charge in [-0.05, 0) is 12.3 Å². The lowest BCUT2D eigenvalue weighted by Gasteiger charge is -2.19. The molecule has 1 aromatic heterocycles. The fourth-order valence-electron chi connectivity index (χ4n) is 1.35. The molecule has 0 saturated carbocycles. The Morgan fingerprint density at radius 2 is 1.89 bits per heavy atom. The number of nitrogens with zero attached hydrogens (tertiary/aromatic N) is 1. The lowest BCUT2D eigenvalue weighted by atomic mass is 9.97. The van der Waals surface area contributed by atoms with Crippen LogP contribution < -0.4 is 5.32 Å². The average molecular weight is 263 g/mol. The molecule has 1 aromatic rings. The SMILES string of the molecule is Cc1[nH]nc(C(F)(F)F)c1C(=O)NCC(C)(C)C. The fourth-order valence-corrected chi connectivity index (χ4v) is 1.35. The van der Waals surface area contributed by atoms with E-state index in [1.54, 1.807) is 0 Å². The van der Waals surface area contributed by atoms with Gasteiger partial charge >= 0.3 is 6.18 Å². The van der Waals surface area contributed by atoms with Gasteiger partial charge in [-0.15, -0.1) is 0 Å². The molecule has 0 unspecified atom stereocenters. The Morgan fingerprint density at radius 1 is 1.33 bits per heavy atom. The van der Waals surface area contributed by atoms with Crippen LogP contribution in [0.25, 0.3) is 0 Å². The van der Waals surface area contributed by atoms with E-state index < -0.39 is 23.3 Å². The molecular weight excluding hydrogens is 247 g/mol. The number of carbonyl (C=O) groups is 1. The maximum Gasteiger partial charge on any atom is 0.435 e. The first-order valence-corrected chi connectivity index (χ1v) is 5.43. The highest BCUT2D eigenvalue weighted by atomic mass is 19.4. The number of aromatic amines is 1. The van der Waals surface area contributed by atoms with Crippen molar-refractivity contribution in [1.82, 2.24) is 15.5 Å². The first-order chi connectivity index (χ1) is 8.02. The lowest BCUT2D eigenvalue weighted by Crippen LogP contribution is -2.33. The first-order valence-electron chi connectivity index (χ1n) is 5.43. The lowest BCUT2D eigenvalue weighted by molar-refractivity contribution is -0.141. The second-order valence-electron chi connectivity index (χ2n) is 5.31. The van der Waals surface area contributed by atoms with Crippen molar-refractivity contribution in [2.45, 2.75) is 33.9 Å². The van der Waals surface area contributed by atoms with E-state index in [-0.39, 0.29) is 17.7 Å². The normalized spacial score (nSPS) is 12.6. The number of carbonyl (C=O) groups excluding carboxylic acids is 1. The highest BCUT2D eigenvalue weighted by Gasteiger charge is 2.39. The third-order valence-corrected chi connectivity index (χ3v) is 2.22. The maximum absolute atomic E-state index is 12.6. The van der Waals surface area contributed by atoms with Gasteiger partial charge in [-0.2, -0.15) is 18.3 Å². The fraction of sp³-hybridized carbons (Fsp3) is 0.636. The molecule has 0 saturated heterocycles. The molecule has 2 N–H and O–H groups in total. The molecule has 0 atom stereocenters. The molecule has 18 heavy (non-hydrogen) atoms. The molecule has 0 radical (unpaired) electrons. The minimum absolute atomic E-state index is 0.105. The van der Waals surface area contributed by atoms with Gasteiger partial charge < -0.3 is 5.32 Å². The zero-order valence-electron chi connectivity index (χ0n) is 10.7. The van der Waals surface area contributed by atoms with E-state index in [2.05, 4.69) is 15.5 Å². The molecule has 0 aliphatic carbocycles. The number of H-pyrrole nitrogens is 1. The number of amides is 1. The van der Waals surface area contributed by atoms with Gasteiger partial charge in [-0.3, -0.25) is 9.89 Å². The van der Waals surface area contributed by atoms with E-state index in [0.29, 0.717) is 0 Å². The van der Waals surface area contributed by atoms with Crippen LogP contribution in [-0.2, 0) is 6.18 Å². The predicted molar refractivity (Wildman–Crippen MR) is 60.1 cm³/mol.